The molecule has 1 aliphatic carbocycles. The Morgan fingerprint density at radius 2 is 2.00 bits per heavy atom. The monoisotopic (exact) mass is 253 g/mol. The Kier molecular flexibility index (Phi) is 5.25. The van der Waals surface area contributed by atoms with Crippen molar-refractivity contribution < 1.29 is 17.9 Å². The Morgan fingerprint density at radius 3 is 2.53 bits per heavy atom. The molecule has 4 atom stereocenters. The van der Waals surface area contributed by atoms with Gasteiger partial charge in [-0.05, 0) is 38.6 Å². The number of hydrogen-bond acceptors (Lipinski definition) is 2. The summed E-state index contributed by atoms with van der Waals surface area (Å²) in [5, 5.41) is 3.22. The summed E-state index contributed by atoms with van der Waals surface area (Å²) in [5.74, 6) is 0.440. The highest BCUT2D eigenvalue weighted by Crippen LogP contribution is 2.30. The predicted octanol–water partition coefficient (Wildman–Crippen LogP) is 3.12. The van der Waals surface area contributed by atoms with E-state index >= 15 is 0 Å². The van der Waals surface area contributed by atoms with Crippen LogP contribution >= 0.6 is 0 Å². The summed E-state index contributed by atoms with van der Waals surface area (Å²) in [4.78, 5) is 0. The highest BCUT2D eigenvalue weighted by molar-refractivity contribution is 4.85. The topological polar surface area (TPSA) is 21.3 Å². The molecule has 1 fully saturated rings. The molecule has 17 heavy (non-hydrogen) atoms. The van der Waals surface area contributed by atoms with E-state index < -0.39 is 12.3 Å². The fraction of sp³-hybridized carbons (Fsp3) is 1.00. The smallest absolute Gasteiger partial charge is 0.364 e. The van der Waals surface area contributed by atoms with Crippen molar-refractivity contribution in [3.63, 3.8) is 0 Å². The number of hydrogen-bond donors (Lipinski definition) is 1. The third-order valence-electron chi connectivity index (χ3n) is 3.36. The second-order valence-electron chi connectivity index (χ2n) is 4.94. The largest absolute Gasteiger partial charge is 0.414 e. The summed E-state index contributed by atoms with van der Waals surface area (Å²) < 4.78 is 42.6. The molecule has 2 nitrogen and oxygen atoms in total. The third-order valence-corrected chi connectivity index (χ3v) is 3.36. The summed E-state index contributed by atoms with van der Waals surface area (Å²) in [5.41, 5.74) is 0. The normalized spacial score (nSPS) is 32.5. The molecule has 1 rings (SSSR count). The molecule has 102 valence electrons. The summed E-state index contributed by atoms with van der Waals surface area (Å²) in [6, 6.07) is 0.0565. The lowest BCUT2D eigenvalue weighted by Crippen LogP contribution is -2.48. The van der Waals surface area contributed by atoms with Crippen molar-refractivity contribution in [1.29, 1.82) is 0 Å². The molecule has 0 spiro atoms. The molecule has 1 aliphatic rings. The standard InChI is InChI=1S/C12H22F3NO/c1-4-16-10-6-5-8(2)7-11(10)17-9(3)12(13,14)15/h8-11,16H,4-7H2,1-3H3. The molecular weight excluding hydrogens is 231 g/mol. The lowest BCUT2D eigenvalue weighted by molar-refractivity contribution is -0.233. The lowest BCUT2D eigenvalue weighted by atomic mass is 9.85. The van der Waals surface area contributed by atoms with E-state index in [9.17, 15) is 13.2 Å². The molecule has 4 unspecified atom stereocenters. The van der Waals surface area contributed by atoms with Gasteiger partial charge in [0.2, 0.25) is 0 Å². The van der Waals surface area contributed by atoms with E-state index in [1.165, 1.54) is 0 Å². The molecule has 0 aromatic carbocycles. The van der Waals surface area contributed by atoms with E-state index in [0.717, 1.165) is 26.3 Å². The van der Waals surface area contributed by atoms with E-state index in [1.807, 2.05) is 6.92 Å². The van der Waals surface area contributed by atoms with Gasteiger partial charge in [-0.2, -0.15) is 13.2 Å². The van der Waals surface area contributed by atoms with E-state index in [2.05, 4.69) is 12.2 Å². The first-order valence-corrected chi connectivity index (χ1v) is 6.30. The zero-order valence-corrected chi connectivity index (χ0v) is 10.7. The number of rotatable bonds is 4. The maximum atomic E-state index is 12.5. The quantitative estimate of drug-likeness (QED) is 0.831. The van der Waals surface area contributed by atoms with E-state index in [-0.39, 0.29) is 12.1 Å². The lowest BCUT2D eigenvalue weighted by Gasteiger charge is -2.37. The number of halogens is 3. The molecule has 1 N–H and O–H groups in total. The van der Waals surface area contributed by atoms with Gasteiger partial charge in [0, 0.05) is 6.04 Å². The molecule has 0 aromatic rings. The van der Waals surface area contributed by atoms with Crippen LogP contribution in [0.2, 0.25) is 0 Å². The molecule has 0 saturated heterocycles. The van der Waals surface area contributed by atoms with Crippen LogP contribution in [0.4, 0.5) is 13.2 Å². The van der Waals surface area contributed by atoms with Gasteiger partial charge in [-0.1, -0.05) is 13.8 Å². The minimum absolute atomic E-state index is 0.0565. The Morgan fingerprint density at radius 1 is 1.35 bits per heavy atom. The van der Waals surface area contributed by atoms with Crippen molar-refractivity contribution in [3.05, 3.63) is 0 Å². The third kappa shape index (κ3) is 4.47. The van der Waals surface area contributed by atoms with Gasteiger partial charge in [-0.3, -0.25) is 0 Å². The van der Waals surface area contributed by atoms with Crippen LogP contribution in [0, 0.1) is 5.92 Å². The fourth-order valence-electron chi connectivity index (χ4n) is 2.31. The van der Waals surface area contributed by atoms with Crippen LogP contribution in [0.15, 0.2) is 0 Å². The second kappa shape index (κ2) is 6.05. The van der Waals surface area contributed by atoms with Crippen molar-refractivity contribution >= 4 is 0 Å². The number of nitrogens with one attached hydrogen (secondary N) is 1. The first-order valence-electron chi connectivity index (χ1n) is 6.30. The van der Waals surface area contributed by atoms with Crippen molar-refractivity contribution in [2.75, 3.05) is 6.54 Å². The van der Waals surface area contributed by atoms with Crippen LogP contribution in [-0.4, -0.2) is 31.0 Å². The highest BCUT2D eigenvalue weighted by Gasteiger charge is 2.40. The van der Waals surface area contributed by atoms with Crippen LogP contribution in [-0.2, 0) is 4.74 Å². The molecule has 0 aromatic heterocycles. The maximum absolute atomic E-state index is 12.5. The van der Waals surface area contributed by atoms with E-state index in [1.54, 1.807) is 0 Å². The molecule has 0 aliphatic heterocycles. The van der Waals surface area contributed by atoms with Crippen molar-refractivity contribution in [2.24, 2.45) is 5.92 Å². The maximum Gasteiger partial charge on any atom is 0.414 e. The Bertz CT molecular complexity index is 232. The van der Waals surface area contributed by atoms with E-state index in [0.29, 0.717) is 12.3 Å². The molecule has 0 heterocycles. The van der Waals surface area contributed by atoms with Gasteiger partial charge in [0.25, 0.3) is 0 Å². The summed E-state index contributed by atoms with van der Waals surface area (Å²) in [6.07, 6.45) is -3.62. The van der Waals surface area contributed by atoms with Crippen molar-refractivity contribution in [3.8, 4) is 0 Å². The van der Waals surface area contributed by atoms with Gasteiger partial charge in [0.15, 0.2) is 6.10 Å². The molecule has 5 heteroatoms. The molecule has 0 amide bonds. The predicted molar refractivity (Wildman–Crippen MR) is 60.9 cm³/mol. The summed E-state index contributed by atoms with van der Waals surface area (Å²) in [6.45, 7) is 5.88. The van der Waals surface area contributed by atoms with Crippen LogP contribution in [0.3, 0.4) is 0 Å². The number of alkyl halides is 3. The van der Waals surface area contributed by atoms with Gasteiger partial charge in [0.1, 0.15) is 0 Å². The minimum atomic E-state index is -4.27. The van der Waals surface area contributed by atoms with Gasteiger partial charge >= 0.3 is 6.18 Å². The van der Waals surface area contributed by atoms with Crippen LogP contribution in [0.25, 0.3) is 0 Å². The first kappa shape index (κ1) is 14.8. The number of likely N-dealkylation sites (N-methyl/N-ethyl adjacent to an activating group) is 1. The SMILES string of the molecule is CCNC1CCC(C)CC1OC(C)C(F)(F)F. The van der Waals surface area contributed by atoms with Crippen LogP contribution in [0.1, 0.15) is 40.0 Å². The summed E-state index contributed by atoms with van der Waals surface area (Å²) in [7, 11) is 0. The minimum Gasteiger partial charge on any atom is -0.364 e. The van der Waals surface area contributed by atoms with Crippen LogP contribution < -0.4 is 5.32 Å². The zero-order chi connectivity index (χ0) is 13.1. The van der Waals surface area contributed by atoms with Gasteiger partial charge < -0.3 is 10.1 Å². The van der Waals surface area contributed by atoms with Gasteiger partial charge in [-0.15, -0.1) is 0 Å². The second-order valence-corrected chi connectivity index (χ2v) is 4.94. The van der Waals surface area contributed by atoms with Crippen LogP contribution in [0.5, 0.6) is 0 Å². The van der Waals surface area contributed by atoms with Crippen molar-refractivity contribution in [2.45, 2.75) is 64.5 Å². The van der Waals surface area contributed by atoms with E-state index in [4.69, 9.17) is 4.74 Å². The average Bonchev–Trinajstić information content (AvgIpc) is 2.21. The summed E-state index contributed by atoms with van der Waals surface area (Å²) >= 11 is 0. The fourth-order valence-corrected chi connectivity index (χ4v) is 2.31. The molecule has 0 radical (unpaired) electrons. The average molecular weight is 253 g/mol. The molecule has 0 bridgehead atoms. The van der Waals surface area contributed by atoms with Gasteiger partial charge in [-0.25, -0.2) is 0 Å². The molecular formula is C12H22F3NO. The molecule has 1 saturated carbocycles. The first-order chi connectivity index (χ1) is 7.84. The van der Waals surface area contributed by atoms with Crippen molar-refractivity contribution in [1.82, 2.24) is 5.32 Å². The Labute approximate surface area is 101 Å². The Balaban J connectivity index is 2.57. The Hall–Kier alpha value is -0.290. The number of ether oxygens (including phenoxy) is 1. The highest BCUT2D eigenvalue weighted by atomic mass is 19.4. The zero-order valence-electron chi connectivity index (χ0n) is 10.7. The van der Waals surface area contributed by atoms with Gasteiger partial charge in [0.05, 0.1) is 6.10 Å².